The molecule has 1 heterocycles. The van der Waals surface area contributed by atoms with E-state index in [1.165, 1.54) is 0 Å². The second-order valence-electron chi connectivity index (χ2n) is 3.38. The molecular weight excluding hydrogens is 280 g/mol. The Labute approximate surface area is 107 Å². The Hall–Kier alpha value is -2.06. The normalized spacial score (nSPS) is 9.65. The topological polar surface area (TPSA) is 74.7 Å². The van der Waals surface area contributed by atoms with E-state index in [1.54, 1.807) is 18.2 Å². The summed E-state index contributed by atoms with van der Waals surface area (Å²) in [5, 5.41) is 11.9. The number of aromatic nitrogens is 1. The van der Waals surface area contributed by atoms with Gasteiger partial charge in [-0.25, -0.2) is 4.98 Å². The Morgan fingerprint density at radius 2 is 2.12 bits per heavy atom. The first-order valence-corrected chi connectivity index (χ1v) is 5.67. The van der Waals surface area contributed by atoms with Crippen molar-refractivity contribution in [2.75, 3.05) is 11.1 Å². The number of anilines is 3. The van der Waals surface area contributed by atoms with Crippen LogP contribution in [0.3, 0.4) is 0 Å². The van der Waals surface area contributed by atoms with Crippen molar-refractivity contribution in [3.63, 3.8) is 0 Å². The van der Waals surface area contributed by atoms with Crippen LogP contribution in [0.1, 0.15) is 5.56 Å². The number of pyridine rings is 1. The molecule has 0 unspecified atom stereocenters. The van der Waals surface area contributed by atoms with Gasteiger partial charge in [-0.15, -0.1) is 0 Å². The molecule has 1 aromatic heterocycles. The van der Waals surface area contributed by atoms with Crippen LogP contribution in [0, 0.1) is 11.3 Å². The van der Waals surface area contributed by atoms with Crippen LogP contribution in [0.15, 0.2) is 40.9 Å². The molecule has 0 atom stereocenters. The molecule has 4 nitrogen and oxygen atoms in total. The van der Waals surface area contributed by atoms with Crippen molar-refractivity contribution in [1.29, 1.82) is 5.26 Å². The van der Waals surface area contributed by atoms with Gasteiger partial charge in [0, 0.05) is 4.47 Å². The Morgan fingerprint density at radius 1 is 1.29 bits per heavy atom. The first-order valence-electron chi connectivity index (χ1n) is 4.88. The minimum absolute atomic E-state index is 0.458. The van der Waals surface area contributed by atoms with Gasteiger partial charge in [0.25, 0.3) is 0 Å². The van der Waals surface area contributed by atoms with E-state index in [2.05, 4.69) is 32.3 Å². The predicted molar refractivity (Wildman–Crippen MR) is 70.8 cm³/mol. The molecule has 0 aliphatic rings. The van der Waals surface area contributed by atoms with Gasteiger partial charge in [-0.2, -0.15) is 5.26 Å². The van der Waals surface area contributed by atoms with Crippen LogP contribution in [-0.4, -0.2) is 4.98 Å². The highest BCUT2D eigenvalue weighted by Crippen LogP contribution is 2.26. The molecule has 5 heteroatoms. The maximum absolute atomic E-state index is 8.76. The third-order valence-electron chi connectivity index (χ3n) is 2.13. The summed E-state index contributed by atoms with van der Waals surface area (Å²) >= 11 is 3.39. The molecule has 2 aromatic rings. The second kappa shape index (κ2) is 4.85. The molecule has 2 rings (SSSR count). The zero-order chi connectivity index (χ0) is 12.3. The van der Waals surface area contributed by atoms with Crippen LogP contribution in [0.2, 0.25) is 0 Å². The molecule has 84 valence electrons. The summed E-state index contributed by atoms with van der Waals surface area (Å²) in [4.78, 5) is 4.13. The van der Waals surface area contributed by atoms with E-state index >= 15 is 0 Å². The van der Waals surface area contributed by atoms with E-state index in [1.807, 2.05) is 18.2 Å². The first-order chi connectivity index (χ1) is 8.19. The third-order valence-corrected chi connectivity index (χ3v) is 2.79. The van der Waals surface area contributed by atoms with Gasteiger partial charge in [-0.3, -0.25) is 0 Å². The minimum atomic E-state index is 0.458. The summed E-state index contributed by atoms with van der Waals surface area (Å²) in [6, 6.07) is 12.7. The molecular formula is C12H9BrN4. The highest BCUT2D eigenvalue weighted by atomic mass is 79.9. The van der Waals surface area contributed by atoms with Crippen molar-refractivity contribution >= 4 is 33.3 Å². The molecule has 0 bridgehead atoms. The van der Waals surface area contributed by atoms with E-state index in [-0.39, 0.29) is 0 Å². The standard InChI is InChI=1S/C12H9BrN4/c13-9-6-8(7-14)4-5-10(9)16-12-3-1-2-11(15)17-12/h1-6H,(H3,15,16,17). The summed E-state index contributed by atoms with van der Waals surface area (Å²) in [7, 11) is 0. The van der Waals surface area contributed by atoms with E-state index < -0.39 is 0 Å². The Balaban J connectivity index is 2.28. The monoisotopic (exact) mass is 288 g/mol. The minimum Gasteiger partial charge on any atom is -0.384 e. The van der Waals surface area contributed by atoms with Crippen LogP contribution >= 0.6 is 15.9 Å². The van der Waals surface area contributed by atoms with Crippen molar-refractivity contribution in [3.05, 3.63) is 46.4 Å². The van der Waals surface area contributed by atoms with Gasteiger partial charge in [0.15, 0.2) is 0 Å². The van der Waals surface area contributed by atoms with Crippen LogP contribution < -0.4 is 11.1 Å². The smallest absolute Gasteiger partial charge is 0.132 e. The Kier molecular flexibility index (Phi) is 3.26. The summed E-state index contributed by atoms with van der Waals surface area (Å²) in [5.74, 6) is 1.12. The average molecular weight is 289 g/mol. The van der Waals surface area contributed by atoms with Crippen molar-refractivity contribution in [3.8, 4) is 6.07 Å². The number of nitriles is 1. The predicted octanol–water partition coefficient (Wildman–Crippen LogP) is 3.04. The fraction of sp³-hybridized carbons (Fsp3) is 0. The number of hydrogen-bond donors (Lipinski definition) is 2. The summed E-state index contributed by atoms with van der Waals surface area (Å²) in [5.41, 5.74) is 7.03. The van der Waals surface area contributed by atoms with Crippen molar-refractivity contribution < 1.29 is 0 Å². The molecule has 0 radical (unpaired) electrons. The number of nitrogens with two attached hydrogens (primary N) is 1. The fourth-order valence-electron chi connectivity index (χ4n) is 1.35. The van der Waals surface area contributed by atoms with Gasteiger partial charge in [-0.1, -0.05) is 6.07 Å². The Morgan fingerprint density at radius 3 is 2.76 bits per heavy atom. The molecule has 0 fully saturated rings. The largest absolute Gasteiger partial charge is 0.384 e. The zero-order valence-electron chi connectivity index (χ0n) is 8.81. The van der Waals surface area contributed by atoms with Crippen LogP contribution in [0.4, 0.5) is 17.3 Å². The molecule has 0 aliphatic heterocycles. The van der Waals surface area contributed by atoms with Crippen molar-refractivity contribution in [1.82, 2.24) is 4.98 Å². The lowest BCUT2D eigenvalue weighted by Crippen LogP contribution is -1.97. The molecule has 0 spiro atoms. The molecule has 17 heavy (non-hydrogen) atoms. The molecule has 3 N–H and O–H groups in total. The molecule has 0 aliphatic carbocycles. The van der Waals surface area contributed by atoms with Crippen molar-refractivity contribution in [2.45, 2.75) is 0 Å². The maximum atomic E-state index is 8.76. The van der Waals surface area contributed by atoms with Gasteiger partial charge in [0.1, 0.15) is 11.6 Å². The number of nitrogens with one attached hydrogen (secondary N) is 1. The molecule has 0 saturated carbocycles. The lowest BCUT2D eigenvalue weighted by atomic mass is 10.2. The van der Waals surface area contributed by atoms with Crippen LogP contribution in [0.25, 0.3) is 0 Å². The average Bonchev–Trinajstić information content (AvgIpc) is 2.32. The number of nitrogens with zero attached hydrogens (tertiary/aromatic N) is 2. The molecule has 1 aromatic carbocycles. The lowest BCUT2D eigenvalue weighted by Gasteiger charge is -2.08. The Bertz CT molecular complexity index is 589. The number of halogens is 1. The SMILES string of the molecule is N#Cc1ccc(Nc2cccc(N)n2)c(Br)c1. The lowest BCUT2D eigenvalue weighted by molar-refractivity contribution is 1.31. The van der Waals surface area contributed by atoms with E-state index in [4.69, 9.17) is 11.0 Å². The van der Waals surface area contributed by atoms with E-state index in [9.17, 15) is 0 Å². The van der Waals surface area contributed by atoms with Gasteiger partial charge in [0.2, 0.25) is 0 Å². The number of benzene rings is 1. The van der Waals surface area contributed by atoms with Gasteiger partial charge >= 0.3 is 0 Å². The van der Waals surface area contributed by atoms with Gasteiger partial charge in [-0.05, 0) is 46.3 Å². The van der Waals surface area contributed by atoms with E-state index in [0.29, 0.717) is 17.2 Å². The van der Waals surface area contributed by atoms with Crippen LogP contribution in [-0.2, 0) is 0 Å². The van der Waals surface area contributed by atoms with Crippen LogP contribution in [0.5, 0.6) is 0 Å². The van der Waals surface area contributed by atoms with E-state index in [0.717, 1.165) is 10.2 Å². The molecule has 0 saturated heterocycles. The summed E-state index contributed by atoms with van der Waals surface area (Å²) < 4.78 is 0.806. The van der Waals surface area contributed by atoms with Crippen molar-refractivity contribution in [2.24, 2.45) is 0 Å². The first kappa shape index (κ1) is 11.4. The highest BCUT2D eigenvalue weighted by molar-refractivity contribution is 9.10. The second-order valence-corrected chi connectivity index (χ2v) is 4.23. The maximum Gasteiger partial charge on any atom is 0.132 e. The highest BCUT2D eigenvalue weighted by Gasteiger charge is 2.02. The van der Waals surface area contributed by atoms with Gasteiger partial charge < -0.3 is 11.1 Å². The number of nitrogen functional groups attached to an aromatic ring is 1. The fourth-order valence-corrected chi connectivity index (χ4v) is 1.82. The number of hydrogen-bond acceptors (Lipinski definition) is 4. The van der Waals surface area contributed by atoms with Gasteiger partial charge in [0.05, 0.1) is 17.3 Å². The zero-order valence-corrected chi connectivity index (χ0v) is 10.4. The third kappa shape index (κ3) is 2.74. The summed E-state index contributed by atoms with van der Waals surface area (Å²) in [6.45, 7) is 0. The number of rotatable bonds is 2. The summed E-state index contributed by atoms with van der Waals surface area (Å²) in [6.07, 6.45) is 0. The quantitative estimate of drug-likeness (QED) is 0.891. The molecule has 0 amide bonds.